The molecule has 2 aromatic carbocycles. The molecule has 2 N–H and O–H groups in total. The van der Waals surface area contributed by atoms with Crippen LogP contribution in [0.25, 0.3) is 10.9 Å². The van der Waals surface area contributed by atoms with E-state index in [4.69, 9.17) is 4.74 Å². The van der Waals surface area contributed by atoms with E-state index in [1.807, 2.05) is 48.5 Å². The van der Waals surface area contributed by atoms with Crippen LogP contribution in [0.1, 0.15) is 24.0 Å². The van der Waals surface area contributed by atoms with Gasteiger partial charge in [-0.25, -0.2) is 0 Å². The Hall–Kier alpha value is -2.75. The zero-order valence-corrected chi connectivity index (χ0v) is 12.2. The molecule has 0 saturated carbocycles. The molecule has 112 valence electrons. The number of carboxylic acids is 1. The van der Waals surface area contributed by atoms with Crippen LogP contribution in [0.4, 0.5) is 0 Å². The number of nitrogens with one attached hydrogen (secondary N) is 1. The number of carbonyl (C=O) groups is 1. The molecule has 1 aromatic heterocycles. The van der Waals surface area contributed by atoms with Gasteiger partial charge in [-0.15, -0.1) is 0 Å². The largest absolute Gasteiger partial charge is 0.488 e. The quantitative estimate of drug-likeness (QED) is 0.749. The van der Waals surface area contributed by atoms with Crippen molar-refractivity contribution in [2.75, 3.05) is 0 Å². The third-order valence-electron chi connectivity index (χ3n) is 3.77. The van der Waals surface area contributed by atoms with Gasteiger partial charge in [0.1, 0.15) is 12.4 Å². The molecule has 0 aliphatic carbocycles. The molecule has 3 rings (SSSR count). The summed E-state index contributed by atoms with van der Waals surface area (Å²) in [4.78, 5) is 14.4. The Balaban J connectivity index is 1.95. The number of aromatic amines is 1. The van der Waals surface area contributed by atoms with Crippen LogP contribution < -0.4 is 4.74 Å². The lowest BCUT2D eigenvalue weighted by molar-refractivity contribution is -0.138. The zero-order chi connectivity index (χ0) is 15.5. The molecule has 1 heterocycles. The van der Waals surface area contributed by atoms with Crippen molar-refractivity contribution in [1.29, 1.82) is 0 Å². The summed E-state index contributed by atoms with van der Waals surface area (Å²) in [5.74, 6) is -0.736. The van der Waals surface area contributed by atoms with Crippen molar-refractivity contribution in [1.82, 2.24) is 4.98 Å². The van der Waals surface area contributed by atoms with Crippen LogP contribution >= 0.6 is 0 Å². The first-order chi connectivity index (χ1) is 10.7. The first-order valence-corrected chi connectivity index (χ1v) is 7.16. The van der Waals surface area contributed by atoms with Crippen LogP contribution in [0.15, 0.2) is 54.7 Å². The van der Waals surface area contributed by atoms with E-state index < -0.39 is 11.9 Å². The van der Waals surface area contributed by atoms with E-state index in [-0.39, 0.29) is 0 Å². The fourth-order valence-electron chi connectivity index (χ4n) is 2.51. The molecule has 4 nitrogen and oxygen atoms in total. The predicted molar refractivity (Wildman–Crippen MR) is 85.1 cm³/mol. The smallest absolute Gasteiger partial charge is 0.310 e. The lowest BCUT2D eigenvalue weighted by Crippen LogP contribution is -2.07. The summed E-state index contributed by atoms with van der Waals surface area (Å²) in [6.45, 7) is 2.13. The fraction of sp³-hybridized carbons (Fsp3) is 0.167. The highest BCUT2D eigenvalue weighted by molar-refractivity contribution is 5.93. The van der Waals surface area contributed by atoms with Crippen molar-refractivity contribution in [3.05, 3.63) is 65.9 Å². The molecular weight excluding hydrogens is 278 g/mol. The van der Waals surface area contributed by atoms with Gasteiger partial charge in [-0.1, -0.05) is 36.4 Å². The lowest BCUT2D eigenvalue weighted by atomic mass is 10.0. The van der Waals surface area contributed by atoms with Crippen molar-refractivity contribution in [3.8, 4) is 5.75 Å². The first kappa shape index (κ1) is 14.2. The molecule has 0 amide bonds. The molecule has 1 atom stereocenters. The van der Waals surface area contributed by atoms with E-state index in [1.54, 1.807) is 13.1 Å². The van der Waals surface area contributed by atoms with Gasteiger partial charge in [-0.2, -0.15) is 0 Å². The van der Waals surface area contributed by atoms with Crippen molar-refractivity contribution in [3.63, 3.8) is 0 Å². The minimum absolute atomic E-state index is 0.450. The van der Waals surface area contributed by atoms with E-state index in [9.17, 15) is 9.90 Å². The highest BCUT2D eigenvalue weighted by Crippen LogP contribution is 2.33. The number of hydrogen-bond acceptors (Lipinski definition) is 2. The monoisotopic (exact) mass is 295 g/mol. The Labute approximate surface area is 128 Å². The minimum Gasteiger partial charge on any atom is -0.488 e. The molecule has 22 heavy (non-hydrogen) atoms. The maximum atomic E-state index is 11.3. The average Bonchev–Trinajstić information content (AvgIpc) is 2.97. The van der Waals surface area contributed by atoms with Crippen LogP contribution in [0, 0.1) is 0 Å². The second-order valence-corrected chi connectivity index (χ2v) is 5.26. The SMILES string of the molecule is CC(C(=O)O)c1c[nH]c2cccc(OCc3ccccc3)c12. The first-order valence-electron chi connectivity index (χ1n) is 7.16. The molecule has 1 unspecified atom stereocenters. The van der Waals surface area contributed by atoms with Gasteiger partial charge in [0.2, 0.25) is 0 Å². The molecular formula is C18H17NO3. The molecule has 0 radical (unpaired) electrons. The number of aliphatic carboxylic acids is 1. The van der Waals surface area contributed by atoms with Crippen LogP contribution in [-0.2, 0) is 11.4 Å². The Morgan fingerprint density at radius 1 is 1.18 bits per heavy atom. The Morgan fingerprint density at radius 3 is 2.68 bits per heavy atom. The molecule has 0 aliphatic rings. The maximum absolute atomic E-state index is 11.3. The number of carboxylic acid groups (broad SMARTS) is 1. The number of rotatable bonds is 5. The molecule has 0 fully saturated rings. The van der Waals surface area contributed by atoms with Crippen molar-refractivity contribution in [2.24, 2.45) is 0 Å². The normalized spacial score (nSPS) is 12.2. The summed E-state index contributed by atoms with van der Waals surface area (Å²) >= 11 is 0. The predicted octanol–water partition coefficient (Wildman–Crippen LogP) is 3.94. The second-order valence-electron chi connectivity index (χ2n) is 5.26. The molecule has 0 spiro atoms. The highest BCUT2D eigenvalue weighted by Gasteiger charge is 2.20. The highest BCUT2D eigenvalue weighted by atomic mass is 16.5. The van der Waals surface area contributed by atoms with Gasteiger partial charge >= 0.3 is 5.97 Å². The van der Waals surface area contributed by atoms with Crippen molar-refractivity contribution in [2.45, 2.75) is 19.4 Å². The molecule has 0 saturated heterocycles. The van der Waals surface area contributed by atoms with Crippen LogP contribution in [0.2, 0.25) is 0 Å². The van der Waals surface area contributed by atoms with E-state index in [1.165, 1.54) is 0 Å². The summed E-state index contributed by atoms with van der Waals surface area (Å²) in [5, 5.41) is 10.1. The molecule has 3 aromatic rings. The number of aromatic nitrogens is 1. The van der Waals surface area contributed by atoms with Crippen molar-refractivity contribution >= 4 is 16.9 Å². The number of hydrogen-bond donors (Lipinski definition) is 2. The summed E-state index contributed by atoms with van der Waals surface area (Å²) in [6.07, 6.45) is 1.75. The fourth-order valence-corrected chi connectivity index (χ4v) is 2.51. The van der Waals surface area contributed by atoms with Gasteiger partial charge in [0.05, 0.1) is 5.92 Å². The summed E-state index contributed by atoms with van der Waals surface area (Å²) in [6, 6.07) is 15.6. The maximum Gasteiger partial charge on any atom is 0.310 e. The van der Waals surface area contributed by atoms with E-state index >= 15 is 0 Å². The Bertz CT molecular complexity index is 792. The van der Waals surface area contributed by atoms with Crippen LogP contribution in [0.5, 0.6) is 5.75 Å². The molecule has 4 heteroatoms. The number of ether oxygens (including phenoxy) is 1. The van der Waals surface area contributed by atoms with Gasteiger partial charge in [-0.3, -0.25) is 4.79 Å². The van der Waals surface area contributed by atoms with Gasteiger partial charge in [0, 0.05) is 17.1 Å². The van der Waals surface area contributed by atoms with Gasteiger partial charge in [0.25, 0.3) is 0 Å². The van der Waals surface area contributed by atoms with E-state index in [0.29, 0.717) is 12.4 Å². The molecule has 0 bridgehead atoms. The third kappa shape index (κ3) is 2.68. The Kier molecular flexibility index (Phi) is 3.83. The Morgan fingerprint density at radius 2 is 1.95 bits per heavy atom. The summed E-state index contributed by atoms with van der Waals surface area (Å²) in [7, 11) is 0. The molecule has 0 aliphatic heterocycles. The van der Waals surface area contributed by atoms with Gasteiger partial charge in [0.15, 0.2) is 0 Å². The topological polar surface area (TPSA) is 62.3 Å². The van der Waals surface area contributed by atoms with Crippen LogP contribution in [-0.4, -0.2) is 16.1 Å². The lowest BCUT2D eigenvalue weighted by Gasteiger charge is -2.11. The van der Waals surface area contributed by atoms with Crippen LogP contribution in [0.3, 0.4) is 0 Å². The zero-order valence-electron chi connectivity index (χ0n) is 12.2. The van der Waals surface area contributed by atoms with Gasteiger partial charge in [-0.05, 0) is 30.2 Å². The van der Waals surface area contributed by atoms with E-state index in [0.717, 1.165) is 22.0 Å². The average molecular weight is 295 g/mol. The van der Waals surface area contributed by atoms with E-state index in [2.05, 4.69) is 4.98 Å². The third-order valence-corrected chi connectivity index (χ3v) is 3.77. The number of benzene rings is 2. The summed E-state index contributed by atoms with van der Waals surface area (Å²) < 4.78 is 5.92. The van der Waals surface area contributed by atoms with Crippen molar-refractivity contribution < 1.29 is 14.6 Å². The number of H-pyrrole nitrogens is 1. The summed E-state index contributed by atoms with van der Waals surface area (Å²) in [5.41, 5.74) is 2.70. The van der Waals surface area contributed by atoms with Gasteiger partial charge < -0.3 is 14.8 Å². The second kappa shape index (κ2) is 5.93. The minimum atomic E-state index is -0.848. The standard InChI is InChI=1S/C18H17NO3/c1-12(18(20)21)14-10-19-15-8-5-9-16(17(14)15)22-11-13-6-3-2-4-7-13/h2-10,12,19H,11H2,1H3,(H,20,21). The number of fused-ring (bicyclic) bond motifs is 1.